The van der Waals surface area contributed by atoms with Crippen molar-refractivity contribution in [3.8, 4) is 11.5 Å². The van der Waals surface area contributed by atoms with Gasteiger partial charge in [-0.25, -0.2) is 4.39 Å². The highest BCUT2D eigenvalue weighted by atomic mass is 79.9. The van der Waals surface area contributed by atoms with Crippen molar-refractivity contribution in [2.45, 2.75) is 12.8 Å². The number of benzene rings is 3. The van der Waals surface area contributed by atoms with Crippen LogP contribution in [0.3, 0.4) is 0 Å². The van der Waals surface area contributed by atoms with E-state index in [2.05, 4.69) is 21.2 Å². The lowest BCUT2D eigenvalue weighted by molar-refractivity contribution is -0.122. The molecule has 0 aliphatic carbocycles. The number of anilines is 1. The minimum absolute atomic E-state index is 0.301. The number of hydrogen-bond acceptors (Lipinski definition) is 6. The van der Waals surface area contributed by atoms with E-state index in [1.54, 1.807) is 18.2 Å². The van der Waals surface area contributed by atoms with Crippen molar-refractivity contribution in [2.75, 3.05) is 25.6 Å². The van der Waals surface area contributed by atoms with Crippen LogP contribution in [0, 0.1) is 5.82 Å². The second-order valence-corrected chi connectivity index (χ2v) is 10.1. The molecule has 1 aliphatic rings. The maximum atomic E-state index is 13.0. The zero-order valence-corrected chi connectivity index (χ0v) is 22.8. The summed E-state index contributed by atoms with van der Waals surface area (Å²) in [4.78, 5) is 39.2. The Hall–Kier alpha value is -3.63. The number of nitrogens with zero attached hydrogens (tertiary/aromatic N) is 1. The number of nitrogens with one attached hydrogen (secondary N) is 1. The first kappa shape index (κ1) is 27.4. The highest BCUT2D eigenvalue weighted by Gasteiger charge is 2.34. The van der Waals surface area contributed by atoms with Gasteiger partial charge in [-0.2, -0.15) is 0 Å². The number of methoxy groups -OCH3 is 1. The SMILES string of the molecule is COc1cc(/C=C2/SC(=O)N(CCCc3ccccc3)C2=O)c(Br)cc1OCC(=O)Nc1ccc(F)cc1. The summed E-state index contributed by atoms with van der Waals surface area (Å²) in [5.74, 6) is -0.519. The lowest BCUT2D eigenvalue weighted by Gasteiger charge is -2.13. The van der Waals surface area contributed by atoms with Gasteiger partial charge in [0.1, 0.15) is 5.82 Å². The van der Waals surface area contributed by atoms with Crippen molar-refractivity contribution < 1.29 is 28.2 Å². The maximum Gasteiger partial charge on any atom is 0.293 e. The molecule has 1 fully saturated rings. The van der Waals surface area contributed by atoms with E-state index in [0.29, 0.717) is 45.1 Å². The van der Waals surface area contributed by atoms with Crippen LogP contribution in [0.4, 0.5) is 14.9 Å². The van der Waals surface area contributed by atoms with E-state index in [1.165, 1.54) is 36.3 Å². The van der Waals surface area contributed by atoms with Gasteiger partial charge in [0.25, 0.3) is 17.1 Å². The van der Waals surface area contributed by atoms with Crippen LogP contribution in [0.5, 0.6) is 11.5 Å². The zero-order chi connectivity index (χ0) is 27.1. The van der Waals surface area contributed by atoms with Crippen LogP contribution in [-0.2, 0) is 16.0 Å². The first-order chi connectivity index (χ1) is 18.3. The van der Waals surface area contributed by atoms with Gasteiger partial charge >= 0.3 is 0 Å². The Labute approximate surface area is 232 Å². The van der Waals surface area contributed by atoms with Crippen LogP contribution in [0.25, 0.3) is 6.08 Å². The summed E-state index contributed by atoms with van der Waals surface area (Å²) in [6.07, 6.45) is 3.07. The highest BCUT2D eigenvalue weighted by molar-refractivity contribution is 9.10. The van der Waals surface area contributed by atoms with Crippen molar-refractivity contribution in [2.24, 2.45) is 0 Å². The molecule has 1 heterocycles. The molecule has 0 unspecified atom stereocenters. The maximum absolute atomic E-state index is 13.0. The first-order valence-corrected chi connectivity index (χ1v) is 13.3. The fraction of sp³-hybridized carbons (Fsp3) is 0.179. The van der Waals surface area contributed by atoms with E-state index in [0.717, 1.165) is 23.7 Å². The molecule has 38 heavy (non-hydrogen) atoms. The molecule has 3 aromatic rings. The minimum atomic E-state index is -0.431. The predicted molar refractivity (Wildman–Crippen MR) is 149 cm³/mol. The van der Waals surface area contributed by atoms with Crippen LogP contribution in [-0.4, -0.2) is 42.2 Å². The third kappa shape index (κ3) is 7.02. The number of ether oxygens (including phenoxy) is 2. The number of carbonyl (C=O) groups excluding carboxylic acids is 3. The summed E-state index contributed by atoms with van der Waals surface area (Å²) in [7, 11) is 1.46. The predicted octanol–water partition coefficient (Wildman–Crippen LogP) is 6.28. The molecule has 0 atom stereocenters. The lowest BCUT2D eigenvalue weighted by atomic mass is 10.1. The molecule has 0 radical (unpaired) electrons. The van der Waals surface area contributed by atoms with E-state index >= 15 is 0 Å². The van der Waals surface area contributed by atoms with Crippen LogP contribution in [0.2, 0.25) is 0 Å². The van der Waals surface area contributed by atoms with Crippen molar-refractivity contribution >= 4 is 56.5 Å². The van der Waals surface area contributed by atoms with Gasteiger partial charge in [0.15, 0.2) is 18.1 Å². The molecular weight excluding hydrogens is 575 g/mol. The quantitative estimate of drug-likeness (QED) is 0.276. The highest BCUT2D eigenvalue weighted by Crippen LogP contribution is 2.38. The Morgan fingerprint density at radius 3 is 2.53 bits per heavy atom. The third-order valence-electron chi connectivity index (χ3n) is 5.62. The molecule has 10 heteroatoms. The van der Waals surface area contributed by atoms with Crippen LogP contribution >= 0.6 is 27.7 Å². The minimum Gasteiger partial charge on any atom is -0.493 e. The van der Waals surface area contributed by atoms with Gasteiger partial charge in [0, 0.05) is 16.7 Å². The molecule has 3 aromatic carbocycles. The van der Waals surface area contributed by atoms with Crippen molar-refractivity contribution in [3.63, 3.8) is 0 Å². The van der Waals surface area contributed by atoms with E-state index < -0.39 is 11.7 Å². The van der Waals surface area contributed by atoms with Crippen LogP contribution in [0.1, 0.15) is 17.5 Å². The summed E-state index contributed by atoms with van der Waals surface area (Å²) >= 11 is 4.36. The summed E-state index contributed by atoms with van der Waals surface area (Å²) in [5.41, 5.74) is 2.21. The largest absolute Gasteiger partial charge is 0.493 e. The zero-order valence-electron chi connectivity index (χ0n) is 20.4. The van der Waals surface area contributed by atoms with Crippen molar-refractivity contribution in [1.29, 1.82) is 0 Å². The Balaban J connectivity index is 1.39. The first-order valence-electron chi connectivity index (χ1n) is 11.7. The Kier molecular flexibility index (Phi) is 9.19. The second kappa shape index (κ2) is 12.7. The number of imide groups is 1. The van der Waals surface area contributed by atoms with Crippen LogP contribution in [0.15, 0.2) is 76.1 Å². The van der Waals surface area contributed by atoms with Crippen molar-refractivity contribution in [3.05, 3.63) is 93.1 Å². The summed E-state index contributed by atoms with van der Waals surface area (Å²) < 4.78 is 24.7. The monoisotopic (exact) mass is 598 g/mol. The molecule has 0 saturated carbocycles. The van der Waals surface area contributed by atoms with Gasteiger partial charge in [-0.05, 0) is 78.2 Å². The molecule has 1 saturated heterocycles. The fourth-order valence-corrected chi connectivity index (χ4v) is 5.02. The number of thioether (sulfide) groups is 1. The molecule has 7 nitrogen and oxygen atoms in total. The Bertz CT molecular complexity index is 1370. The van der Waals surface area contributed by atoms with Gasteiger partial charge in [0.05, 0.1) is 12.0 Å². The molecule has 0 aromatic heterocycles. The molecule has 1 N–H and O–H groups in total. The second-order valence-electron chi connectivity index (χ2n) is 8.29. The number of halogens is 2. The standard InChI is InChI=1S/C28H24BrFN2O5S/c1-36-23-14-19(22(29)16-24(23)37-17-26(33)31-21-11-9-20(30)10-12-21)15-25-27(34)32(28(35)38-25)13-5-8-18-6-3-2-4-7-18/h2-4,6-7,9-12,14-16H,5,8,13,17H2,1H3,(H,31,33)/b25-15+. The van der Waals surface area contributed by atoms with E-state index in [1.807, 2.05) is 30.3 Å². The van der Waals surface area contributed by atoms with Crippen molar-refractivity contribution in [1.82, 2.24) is 4.90 Å². The van der Waals surface area contributed by atoms with E-state index in [9.17, 15) is 18.8 Å². The topological polar surface area (TPSA) is 84.9 Å². The lowest BCUT2D eigenvalue weighted by Crippen LogP contribution is -2.29. The van der Waals surface area contributed by atoms with Crippen LogP contribution < -0.4 is 14.8 Å². The van der Waals surface area contributed by atoms with E-state index in [4.69, 9.17) is 9.47 Å². The Morgan fingerprint density at radius 2 is 1.82 bits per heavy atom. The summed E-state index contributed by atoms with van der Waals surface area (Å²) in [5, 5.41) is 2.32. The van der Waals surface area contributed by atoms with Gasteiger partial charge in [-0.1, -0.05) is 46.3 Å². The average molecular weight is 599 g/mol. The smallest absolute Gasteiger partial charge is 0.293 e. The molecule has 0 bridgehead atoms. The Morgan fingerprint density at radius 1 is 1.08 bits per heavy atom. The molecule has 1 aliphatic heterocycles. The number of amides is 3. The van der Waals surface area contributed by atoms with Gasteiger partial charge in [-0.3, -0.25) is 19.3 Å². The molecule has 0 spiro atoms. The van der Waals surface area contributed by atoms with Gasteiger partial charge in [-0.15, -0.1) is 0 Å². The summed E-state index contributed by atoms with van der Waals surface area (Å²) in [6.45, 7) is 0.0373. The average Bonchev–Trinajstić information content (AvgIpc) is 3.18. The molecule has 196 valence electrons. The number of hydrogen-bond donors (Lipinski definition) is 1. The number of carbonyl (C=O) groups is 3. The normalized spacial score (nSPS) is 14.2. The molecule has 4 rings (SSSR count). The van der Waals surface area contributed by atoms with Gasteiger partial charge in [0.2, 0.25) is 0 Å². The number of aryl methyl sites for hydroxylation is 1. The summed E-state index contributed by atoms with van der Waals surface area (Å²) in [6, 6.07) is 18.6. The number of rotatable bonds is 10. The third-order valence-corrected chi connectivity index (χ3v) is 7.21. The molecular formula is C28H24BrFN2O5S. The fourth-order valence-electron chi connectivity index (χ4n) is 3.73. The molecule has 3 amide bonds. The van der Waals surface area contributed by atoms with E-state index in [-0.39, 0.29) is 17.8 Å². The van der Waals surface area contributed by atoms with Gasteiger partial charge < -0.3 is 14.8 Å².